The molecule has 0 aromatic heterocycles. The molecule has 0 saturated carbocycles. The van der Waals surface area contributed by atoms with Gasteiger partial charge in [-0.1, -0.05) is 0 Å². The molecule has 4 heteroatoms. The summed E-state index contributed by atoms with van der Waals surface area (Å²) >= 11 is 0. The number of hydrogen-bond acceptors (Lipinski definition) is 2. The molecule has 0 heterocycles. The van der Waals surface area contributed by atoms with Crippen molar-refractivity contribution in [2.75, 3.05) is 0 Å². The van der Waals surface area contributed by atoms with Crippen LogP contribution in [0.1, 0.15) is 0 Å². The van der Waals surface area contributed by atoms with Crippen LogP contribution in [0.15, 0.2) is 0 Å². The fraction of sp³-hybridized carbons (Fsp3) is 0. The van der Waals surface area contributed by atoms with Crippen LogP contribution in [0.2, 0.25) is 0 Å². The van der Waals surface area contributed by atoms with Crippen LogP contribution in [-0.4, -0.2) is 37.7 Å². The van der Waals surface area contributed by atoms with Crippen LogP contribution in [0.4, 0.5) is 0 Å². The van der Waals surface area contributed by atoms with Gasteiger partial charge >= 0.3 is 37.7 Å². The summed E-state index contributed by atoms with van der Waals surface area (Å²) in [5.74, 6) is 0. The monoisotopic (exact) mass is 120 g/mol. The van der Waals surface area contributed by atoms with E-state index in [1.54, 1.807) is 0 Å². The van der Waals surface area contributed by atoms with E-state index >= 15 is 0 Å². The molecule has 0 aliphatic carbocycles. The molecule has 0 rings (SSSR count). The van der Waals surface area contributed by atoms with Gasteiger partial charge in [0.05, 0.1) is 0 Å². The van der Waals surface area contributed by atoms with Crippen LogP contribution in [0, 0.1) is 11.5 Å². The van der Waals surface area contributed by atoms with Crippen molar-refractivity contribution in [1.29, 1.82) is 5.26 Å². The van der Waals surface area contributed by atoms with Gasteiger partial charge in [0.15, 0.2) is 6.19 Å². The van der Waals surface area contributed by atoms with Crippen molar-refractivity contribution >= 4 is 50.1 Å². The molecule has 0 atom stereocenters. The van der Waals surface area contributed by atoms with Gasteiger partial charge in [-0.2, -0.15) is 5.26 Å². The molecule has 0 spiro atoms. The van der Waals surface area contributed by atoms with E-state index in [9.17, 15) is 0 Å². The fourth-order valence-corrected chi connectivity index (χ4v) is 0. The second-order valence-corrected chi connectivity index (χ2v) is 0.129. The maximum absolute atomic E-state index is 7.10. The first kappa shape index (κ1) is 17.0. The Balaban J connectivity index is -0.0000000200. The molecule has 2 N–H and O–H groups in total. The Hall–Kier alpha value is 0.840. The van der Waals surface area contributed by atoms with E-state index in [2.05, 4.69) is 5.73 Å². The Bertz CT molecular complexity index is 31.1. The van der Waals surface area contributed by atoms with Gasteiger partial charge in [-0.3, -0.25) is 0 Å². The minimum absolute atomic E-state index is 0. The van der Waals surface area contributed by atoms with Crippen molar-refractivity contribution in [3.63, 3.8) is 0 Å². The summed E-state index contributed by atoms with van der Waals surface area (Å²) < 4.78 is 0. The average molecular weight is 121 g/mol. The van der Waals surface area contributed by atoms with Crippen LogP contribution < -0.4 is 5.73 Å². The van der Waals surface area contributed by atoms with E-state index in [0.717, 1.165) is 0 Å². The van der Waals surface area contributed by atoms with E-state index in [0.29, 0.717) is 0 Å². The van der Waals surface area contributed by atoms with E-state index in [1.165, 1.54) is 6.19 Å². The Kier molecular flexibility index (Phi) is 71.5. The minimum atomic E-state index is 0. The van der Waals surface area contributed by atoms with Crippen molar-refractivity contribution in [2.24, 2.45) is 5.73 Å². The molecule has 0 radical (unpaired) electrons. The summed E-state index contributed by atoms with van der Waals surface area (Å²) in [6.45, 7) is 0. The van der Waals surface area contributed by atoms with Gasteiger partial charge in [0.25, 0.3) is 0 Å². The van der Waals surface area contributed by atoms with Gasteiger partial charge in [0.1, 0.15) is 0 Å². The molecule has 2 nitrogen and oxygen atoms in total. The summed E-state index contributed by atoms with van der Waals surface area (Å²) in [5, 5.41) is 7.10. The second-order valence-electron chi connectivity index (χ2n) is 0.129. The zero-order valence-electron chi connectivity index (χ0n) is 1.93. The van der Waals surface area contributed by atoms with Gasteiger partial charge in [-0.05, 0) is 0 Å². The Morgan fingerprint density at radius 3 is 1.60 bits per heavy atom. The molecule has 0 aliphatic heterocycles. The van der Waals surface area contributed by atoms with Crippen LogP contribution in [0.3, 0.4) is 0 Å². The van der Waals surface area contributed by atoms with Crippen molar-refractivity contribution < 1.29 is 0 Å². The molecule has 0 fully saturated rings. The van der Waals surface area contributed by atoms with Crippen LogP contribution in [0.5, 0.6) is 0 Å². The van der Waals surface area contributed by atoms with Gasteiger partial charge in [0, 0.05) is 0 Å². The number of nitrogens with zero attached hydrogens (tertiary/aromatic N) is 1. The maximum atomic E-state index is 7.10. The molecule has 0 aliphatic rings. The van der Waals surface area contributed by atoms with E-state index in [-0.39, 0.29) is 50.1 Å². The van der Waals surface area contributed by atoms with Crippen LogP contribution >= 0.6 is 12.4 Å². The molecule has 5 heavy (non-hydrogen) atoms. The van der Waals surface area contributed by atoms with Crippen LogP contribution in [-0.2, 0) is 0 Å². The van der Waals surface area contributed by atoms with Crippen LogP contribution in [0.25, 0.3) is 0 Å². The third-order valence-electron chi connectivity index (χ3n) is 0. The molecule has 28 valence electrons. The SMILES string of the molecule is Cl.N#CN.[CaH2]. The third-order valence-corrected chi connectivity index (χ3v) is 0. The number of halogens is 1. The molecule has 0 aromatic rings. The Labute approximate surface area is 66.7 Å². The summed E-state index contributed by atoms with van der Waals surface area (Å²) in [7, 11) is 0. The fourth-order valence-electron chi connectivity index (χ4n) is 0. The zero-order valence-corrected chi connectivity index (χ0v) is 2.75. The molecular formula is CH5CaClN2. The van der Waals surface area contributed by atoms with Crippen molar-refractivity contribution in [2.45, 2.75) is 0 Å². The van der Waals surface area contributed by atoms with Gasteiger partial charge in [0.2, 0.25) is 0 Å². The quantitative estimate of drug-likeness (QED) is 0.252. The van der Waals surface area contributed by atoms with Gasteiger partial charge in [-0.15, -0.1) is 12.4 Å². The number of nitrogens with two attached hydrogens (primary N) is 1. The number of hydrogen-bond donors (Lipinski definition) is 1. The molecule has 0 aromatic carbocycles. The number of rotatable bonds is 0. The number of nitriles is 1. The second kappa shape index (κ2) is 21.1. The predicted octanol–water partition coefficient (Wildman–Crippen LogP) is -1.07. The van der Waals surface area contributed by atoms with Gasteiger partial charge in [-0.25, -0.2) is 0 Å². The molecule has 0 bridgehead atoms. The van der Waals surface area contributed by atoms with E-state index in [1.807, 2.05) is 0 Å². The Morgan fingerprint density at radius 1 is 1.60 bits per heavy atom. The van der Waals surface area contributed by atoms with E-state index in [4.69, 9.17) is 5.26 Å². The van der Waals surface area contributed by atoms with Crippen molar-refractivity contribution in [3.8, 4) is 6.19 Å². The molecule has 0 amide bonds. The van der Waals surface area contributed by atoms with Gasteiger partial charge < -0.3 is 5.73 Å². The summed E-state index contributed by atoms with van der Waals surface area (Å²) in [6.07, 6.45) is 1.25. The molecule has 0 saturated heterocycles. The predicted molar refractivity (Wildman–Crippen MR) is 25.6 cm³/mol. The molecule has 0 unspecified atom stereocenters. The Morgan fingerprint density at radius 2 is 1.60 bits per heavy atom. The van der Waals surface area contributed by atoms with Crippen molar-refractivity contribution in [1.82, 2.24) is 0 Å². The standard InChI is InChI=1S/CH2N2.Ca.ClH.2H/c2-1-3;;;;/h2H2;;1H;;. The first-order chi connectivity index (χ1) is 1.41. The molecular weight excluding hydrogens is 116 g/mol. The summed E-state index contributed by atoms with van der Waals surface area (Å²) in [6, 6.07) is 0. The van der Waals surface area contributed by atoms with E-state index < -0.39 is 0 Å². The first-order valence-corrected chi connectivity index (χ1v) is 0.512. The van der Waals surface area contributed by atoms with Crippen molar-refractivity contribution in [3.05, 3.63) is 0 Å². The average Bonchev–Trinajstić information content (AvgIpc) is 0.918. The zero-order chi connectivity index (χ0) is 2.71. The normalized spacial score (nSPS) is 1.40. The first-order valence-electron chi connectivity index (χ1n) is 0.512. The summed E-state index contributed by atoms with van der Waals surface area (Å²) in [5.41, 5.74) is 4.15. The topological polar surface area (TPSA) is 49.8 Å². The summed E-state index contributed by atoms with van der Waals surface area (Å²) in [4.78, 5) is 0. The third kappa shape index (κ3) is 55.3.